The summed E-state index contributed by atoms with van der Waals surface area (Å²) in [5.41, 5.74) is 6.85. The lowest BCUT2D eigenvalue weighted by atomic mass is 9.79. The van der Waals surface area contributed by atoms with Crippen molar-refractivity contribution in [2.75, 3.05) is 18.5 Å². The van der Waals surface area contributed by atoms with Crippen LogP contribution in [0.15, 0.2) is 12.1 Å². The van der Waals surface area contributed by atoms with Gasteiger partial charge in [0.25, 0.3) is 0 Å². The highest BCUT2D eigenvalue weighted by Crippen LogP contribution is 2.25. The van der Waals surface area contributed by atoms with E-state index in [0.29, 0.717) is 17.8 Å². The first-order chi connectivity index (χ1) is 8.63. The van der Waals surface area contributed by atoms with E-state index in [4.69, 9.17) is 26.7 Å². The fraction of sp³-hybridized carbons (Fsp3) is 0.300. The van der Waals surface area contributed by atoms with Crippen LogP contribution in [0.1, 0.15) is 5.56 Å². The molecule has 0 aromatic heterocycles. The quantitative estimate of drug-likeness (QED) is 0.676. The number of nitrogens with two attached hydrogens (primary N) is 1. The summed E-state index contributed by atoms with van der Waals surface area (Å²) in [4.78, 5) is 11.4. The van der Waals surface area contributed by atoms with E-state index in [-0.39, 0.29) is 18.2 Å². The molecule has 8 heteroatoms. The van der Waals surface area contributed by atoms with Crippen LogP contribution < -0.4 is 16.5 Å². The van der Waals surface area contributed by atoms with E-state index in [1.54, 1.807) is 12.1 Å². The van der Waals surface area contributed by atoms with Gasteiger partial charge in [-0.05, 0) is 11.6 Å². The summed E-state index contributed by atoms with van der Waals surface area (Å²) >= 11 is 6.09. The first-order valence-electron chi connectivity index (χ1n) is 5.38. The molecule has 1 amide bonds. The zero-order chi connectivity index (χ0) is 13.1. The molecule has 0 saturated heterocycles. The van der Waals surface area contributed by atoms with Crippen LogP contribution in [0.5, 0.6) is 0 Å². The van der Waals surface area contributed by atoms with E-state index in [1.807, 2.05) is 0 Å². The largest absolute Gasteiger partial charge is 0.493 e. The lowest BCUT2D eigenvalue weighted by Gasteiger charge is -2.10. The molecule has 96 valence electrons. The molecule has 1 heterocycles. The molecule has 0 radical (unpaired) electrons. The van der Waals surface area contributed by atoms with Gasteiger partial charge in [-0.3, -0.25) is 5.32 Å². The summed E-state index contributed by atoms with van der Waals surface area (Å²) in [5, 5.41) is 12.3. The van der Waals surface area contributed by atoms with Crippen LogP contribution in [-0.2, 0) is 16.0 Å². The summed E-state index contributed by atoms with van der Waals surface area (Å²) < 4.78 is 9.81. The van der Waals surface area contributed by atoms with Crippen molar-refractivity contribution in [3.63, 3.8) is 0 Å². The number of rotatable bonds is 3. The van der Waals surface area contributed by atoms with Gasteiger partial charge in [-0.1, -0.05) is 17.7 Å². The van der Waals surface area contributed by atoms with E-state index in [2.05, 4.69) is 5.32 Å². The van der Waals surface area contributed by atoms with Gasteiger partial charge in [0.1, 0.15) is 6.61 Å². The Bertz CT molecular complexity index is 471. The topological polar surface area (TPSA) is 93.8 Å². The number of hydrogen-bond acceptors (Lipinski definition) is 5. The monoisotopic (exact) mass is 270 g/mol. The number of carbonyl (C=O) groups excluding carboxylic acids is 1. The molecule has 0 saturated carbocycles. The highest BCUT2D eigenvalue weighted by Gasteiger charge is 2.31. The third-order valence-electron chi connectivity index (χ3n) is 2.50. The third kappa shape index (κ3) is 2.59. The van der Waals surface area contributed by atoms with Crippen LogP contribution in [0.4, 0.5) is 10.5 Å². The van der Waals surface area contributed by atoms with Gasteiger partial charge in [0, 0.05) is 12.0 Å². The van der Waals surface area contributed by atoms with Crippen LogP contribution in [0.25, 0.3) is 0 Å². The van der Waals surface area contributed by atoms with Crippen molar-refractivity contribution in [3.8, 4) is 0 Å². The Morgan fingerprint density at radius 2 is 2.44 bits per heavy atom. The lowest BCUT2D eigenvalue weighted by molar-refractivity contribution is 0.165. The van der Waals surface area contributed by atoms with Crippen molar-refractivity contribution in [2.24, 2.45) is 5.73 Å². The summed E-state index contributed by atoms with van der Waals surface area (Å²) in [6.45, 7) is 0.673. The molecule has 0 aliphatic carbocycles. The number of ether oxygens (including phenoxy) is 1. The minimum Gasteiger partial charge on any atom is -0.448 e. The van der Waals surface area contributed by atoms with Crippen molar-refractivity contribution < 1.29 is 19.2 Å². The second kappa shape index (κ2) is 5.58. The van der Waals surface area contributed by atoms with Crippen molar-refractivity contribution in [1.29, 1.82) is 0 Å². The predicted molar refractivity (Wildman–Crippen MR) is 67.9 cm³/mol. The molecule has 1 aliphatic heterocycles. The molecule has 0 spiro atoms. The zero-order valence-corrected chi connectivity index (χ0v) is 10.2. The Morgan fingerprint density at radius 3 is 3.17 bits per heavy atom. The Hall–Kier alpha value is -1.28. The average molecular weight is 270 g/mol. The number of carbonyl (C=O) groups is 1. The van der Waals surface area contributed by atoms with Gasteiger partial charge in [0.2, 0.25) is 0 Å². The number of nitrogens with one attached hydrogen (secondary N) is 1. The molecule has 4 N–H and O–H groups in total. The first-order valence-corrected chi connectivity index (χ1v) is 5.76. The van der Waals surface area contributed by atoms with Crippen LogP contribution >= 0.6 is 11.6 Å². The number of hydrogen-bond donors (Lipinski definition) is 3. The summed E-state index contributed by atoms with van der Waals surface area (Å²) in [7, 11) is -1.06. The van der Waals surface area contributed by atoms with Crippen LogP contribution in [0.3, 0.4) is 0 Å². The van der Waals surface area contributed by atoms with E-state index >= 15 is 0 Å². The third-order valence-corrected chi connectivity index (χ3v) is 2.91. The van der Waals surface area contributed by atoms with Crippen LogP contribution in [0.2, 0.25) is 5.02 Å². The standard InChI is InChI=1S/C10H12BClN2O4/c12-9-7(14-10(15)17-4-3-13)2-1-6-5-18-11(16)8(6)9/h1-2,16H,3-5,13H2,(H,14,15). The lowest BCUT2D eigenvalue weighted by Crippen LogP contribution is -2.30. The minimum atomic E-state index is -1.06. The average Bonchev–Trinajstić information content (AvgIpc) is 2.73. The molecule has 1 aliphatic rings. The number of amides is 1. The smallest absolute Gasteiger partial charge is 0.448 e. The summed E-state index contributed by atoms with van der Waals surface area (Å²) in [5.74, 6) is 0. The molecule has 1 aromatic carbocycles. The molecule has 0 fully saturated rings. The number of halogens is 1. The molecule has 6 nitrogen and oxygen atoms in total. The van der Waals surface area contributed by atoms with Gasteiger partial charge < -0.3 is 20.1 Å². The van der Waals surface area contributed by atoms with Gasteiger partial charge in [0.05, 0.1) is 17.3 Å². The second-order valence-electron chi connectivity index (χ2n) is 3.71. The zero-order valence-electron chi connectivity index (χ0n) is 9.48. The second-order valence-corrected chi connectivity index (χ2v) is 4.09. The van der Waals surface area contributed by atoms with Crippen molar-refractivity contribution in [1.82, 2.24) is 0 Å². The number of anilines is 1. The molecular formula is C10H12BClN2O4. The maximum absolute atomic E-state index is 11.4. The van der Waals surface area contributed by atoms with Gasteiger partial charge in [-0.15, -0.1) is 0 Å². The van der Waals surface area contributed by atoms with E-state index in [0.717, 1.165) is 5.56 Å². The SMILES string of the molecule is NCCOC(=O)Nc1ccc2c(c1Cl)B(O)OC2. The molecule has 0 bridgehead atoms. The van der Waals surface area contributed by atoms with E-state index in [9.17, 15) is 9.82 Å². The van der Waals surface area contributed by atoms with Gasteiger partial charge in [0.15, 0.2) is 0 Å². The Labute approximate surface area is 109 Å². The summed E-state index contributed by atoms with van der Waals surface area (Å²) in [6, 6.07) is 3.36. The summed E-state index contributed by atoms with van der Waals surface area (Å²) in [6.07, 6.45) is -0.643. The van der Waals surface area contributed by atoms with Gasteiger partial charge >= 0.3 is 13.2 Å². The highest BCUT2D eigenvalue weighted by atomic mass is 35.5. The van der Waals surface area contributed by atoms with E-state index in [1.165, 1.54) is 0 Å². The van der Waals surface area contributed by atoms with Crippen molar-refractivity contribution >= 4 is 36.0 Å². The maximum Gasteiger partial charge on any atom is 0.493 e. The molecule has 0 atom stereocenters. The minimum absolute atomic E-state index is 0.125. The Balaban J connectivity index is 2.15. The Morgan fingerprint density at radius 1 is 1.67 bits per heavy atom. The van der Waals surface area contributed by atoms with Crippen molar-refractivity contribution in [3.05, 3.63) is 22.7 Å². The number of benzene rings is 1. The van der Waals surface area contributed by atoms with Gasteiger partial charge in [-0.2, -0.15) is 0 Å². The predicted octanol–water partition coefficient (Wildman–Crippen LogP) is 0.0649. The van der Waals surface area contributed by atoms with Crippen LogP contribution in [-0.4, -0.2) is 31.4 Å². The molecule has 1 aromatic rings. The molecule has 2 rings (SSSR count). The molecule has 18 heavy (non-hydrogen) atoms. The first kappa shape index (κ1) is 13.2. The fourth-order valence-electron chi connectivity index (χ4n) is 1.67. The normalized spacial score (nSPS) is 13.4. The van der Waals surface area contributed by atoms with Gasteiger partial charge in [-0.25, -0.2) is 4.79 Å². The number of fused-ring (bicyclic) bond motifs is 1. The Kier molecular flexibility index (Phi) is 4.08. The molecule has 0 unspecified atom stereocenters. The van der Waals surface area contributed by atoms with Crippen molar-refractivity contribution in [2.45, 2.75) is 6.61 Å². The van der Waals surface area contributed by atoms with Crippen LogP contribution in [0, 0.1) is 0 Å². The highest BCUT2D eigenvalue weighted by molar-refractivity contribution is 6.66. The maximum atomic E-state index is 11.4. The fourth-order valence-corrected chi connectivity index (χ4v) is 2.00. The molecular weight excluding hydrogens is 258 g/mol. The van der Waals surface area contributed by atoms with E-state index < -0.39 is 13.2 Å².